The van der Waals surface area contributed by atoms with Crippen LogP contribution in [0.1, 0.15) is 17.3 Å². The van der Waals surface area contributed by atoms with E-state index in [1.54, 1.807) is 37.1 Å². The third kappa shape index (κ3) is 4.49. The van der Waals surface area contributed by atoms with E-state index in [0.29, 0.717) is 29.4 Å². The highest BCUT2D eigenvalue weighted by molar-refractivity contribution is 7.99. The van der Waals surface area contributed by atoms with Crippen LogP contribution in [0.5, 0.6) is 11.5 Å². The molecule has 0 radical (unpaired) electrons. The summed E-state index contributed by atoms with van der Waals surface area (Å²) in [4.78, 5) is 10.9. The summed E-state index contributed by atoms with van der Waals surface area (Å²) in [6.07, 6.45) is 0.782. The average Bonchev–Trinajstić information content (AvgIpc) is 3.14. The molecule has 0 bridgehead atoms. The van der Waals surface area contributed by atoms with Crippen molar-refractivity contribution in [1.82, 2.24) is 14.8 Å². The van der Waals surface area contributed by atoms with Crippen LogP contribution in [-0.2, 0) is 6.54 Å². The second-order valence-electron chi connectivity index (χ2n) is 5.64. The lowest BCUT2D eigenvalue weighted by atomic mass is 10.2. The zero-order valence-corrected chi connectivity index (χ0v) is 16.1. The largest absolute Gasteiger partial charge is 0.493 e. The smallest absolute Gasteiger partial charge is 0.191 e. The van der Waals surface area contributed by atoms with Gasteiger partial charge in [0.2, 0.25) is 0 Å². The molecule has 0 spiro atoms. The number of benzene rings is 2. The zero-order valence-electron chi connectivity index (χ0n) is 15.3. The van der Waals surface area contributed by atoms with Crippen molar-refractivity contribution < 1.29 is 14.3 Å². The maximum absolute atomic E-state index is 10.9. The molecule has 140 valence electrons. The van der Waals surface area contributed by atoms with Crippen molar-refractivity contribution in [2.24, 2.45) is 0 Å². The molecule has 1 heterocycles. The minimum Gasteiger partial charge on any atom is -0.493 e. The Morgan fingerprint density at radius 2 is 1.93 bits per heavy atom. The lowest BCUT2D eigenvalue weighted by Gasteiger charge is -2.11. The molecule has 0 N–H and O–H groups in total. The van der Waals surface area contributed by atoms with Gasteiger partial charge < -0.3 is 14.0 Å². The van der Waals surface area contributed by atoms with Crippen LogP contribution < -0.4 is 9.47 Å². The number of hydrogen-bond donors (Lipinski definition) is 0. The molecule has 0 atom stereocenters. The van der Waals surface area contributed by atoms with Gasteiger partial charge in [-0.1, -0.05) is 42.1 Å². The highest BCUT2D eigenvalue weighted by atomic mass is 32.2. The van der Waals surface area contributed by atoms with Crippen LogP contribution in [-0.4, -0.2) is 40.5 Å². The van der Waals surface area contributed by atoms with Gasteiger partial charge in [-0.05, 0) is 25.1 Å². The number of carbonyl (C=O) groups excluding carboxylic acids is 1. The number of nitrogens with zero attached hydrogens (tertiary/aromatic N) is 3. The molecular weight excluding hydrogens is 362 g/mol. The van der Waals surface area contributed by atoms with Gasteiger partial charge in [0.05, 0.1) is 13.7 Å². The summed E-state index contributed by atoms with van der Waals surface area (Å²) in [5.74, 6) is 2.75. The predicted molar refractivity (Wildman–Crippen MR) is 106 cm³/mol. The van der Waals surface area contributed by atoms with Crippen molar-refractivity contribution in [3.63, 3.8) is 0 Å². The Morgan fingerprint density at radius 3 is 2.63 bits per heavy atom. The van der Waals surface area contributed by atoms with Crippen LogP contribution in [0.3, 0.4) is 0 Å². The first-order valence-electron chi connectivity index (χ1n) is 8.64. The molecule has 6 nitrogen and oxygen atoms in total. The summed E-state index contributed by atoms with van der Waals surface area (Å²) in [6.45, 7) is 3.36. The van der Waals surface area contributed by atoms with E-state index in [-0.39, 0.29) is 0 Å². The van der Waals surface area contributed by atoms with Crippen LogP contribution in [0.25, 0.3) is 11.4 Å². The molecule has 0 unspecified atom stereocenters. The fourth-order valence-electron chi connectivity index (χ4n) is 2.64. The maximum atomic E-state index is 10.9. The van der Waals surface area contributed by atoms with E-state index < -0.39 is 0 Å². The van der Waals surface area contributed by atoms with Gasteiger partial charge in [0.25, 0.3) is 0 Å². The number of rotatable bonds is 9. The normalized spacial score (nSPS) is 10.6. The van der Waals surface area contributed by atoms with Gasteiger partial charge in [-0.2, -0.15) is 0 Å². The van der Waals surface area contributed by atoms with Crippen molar-refractivity contribution in [3.05, 3.63) is 54.1 Å². The lowest BCUT2D eigenvalue weighted by Crippen LogP contribution is -2.04. The highest BCUT2D eigenvalue weighted by Gasteiger charge is 2.13. The Morgan fingerprint density at radius 1 is 1.11 bits per heavy atom. The number of ether oxygens (including phenoxy) is 2. The standard InChI is InChI=1S/C20H21N3O3S/c1-3-23-19(16-7-5-4-6-8-16)21-22-20(23)27-12-11-26-17-10-9-15(14-24)13-18(17)25-2/h4-10,13-14H,3,11-12H2,1-2H3. The number of methoxy groups -OCH3 is 1. The third-order valence-electron chi connectivity index (χ3n) is 3.96. The van der Waals surface area contributed by atoms with Gasteiger partial charge in [0, 0.05) is 23.4 Å². The van der Waals surface area contributed by atoms with Crippen LogP contribution in [0.2, 0.25) is 0 Å². The lowest BCUT2D eigenvalue weighted by molar-refractivity contribution is 0.112. The van der Waals surface area contributed by atoms with E-state index in [4.69, 9.17) is 9.47 Å². The van der Waals surface area contributed by atoms with Crippen molar-refractivity contribution in [2.45, 2.75) is 18.6 Å². The summed E-state index contributed by atoms with van der Waals surface area (Å²) in [6, 6.07) is 15.1. The number of aldehydes is 1. The second kappa shape index (κ2) is 9.23. The summed E-state index contributed by atoms with van der Waals surface area (Å²) < 4.78 is 13.2. The monoisotopic (exact) mass is 383 g/mol. The van der Waals surface area contributed by atoms with E-state index in [1.165, 1.54) is 0 Å². The van der Waals surface area contributed by atoms with Gasteiger partial charge >= 0.3 is 0 Å². The number of thioether (sulfide) groups is 1. The van der Waals surface area contributed by atoms with Gasteiger partial charge in [-0.25, -0.2) is 0 Å². The van der Waals surface area contributed by atoms with Gasteiger partial charge in [-0.15, -0.1) is 10.2 Å². The Bertz CT molecular complexity index is 897. The molecule has 0 amide bonds. The Labute approximate surface area is 162 Å². The van der Waals surface area contributed by atoms with Crippen molar-refractivity contribution in [2.75, 3.05) is 19.5 Å². The quantitative estimate of drug-likeness (QED) is 0.317. The fourth-order valence-corrected chi connectivity index (χ4v) is 3.46. The topological polar surface area (TPSA) is 66.2 Å². The van der Waals surface area contributed by atoms with Crippen LogP contribution in [0.4, 0.5) is 0 Å². The summed E-state index contributed by atoms with van der Waals surface area (Å²) >= 11 is 1.59. The minimum atomic E-state index is 0.485. The van der Waals surface area contributed by atoms with Crippen LogP contribution >= 0.6 is 11.8 Å². The Kier molecular flexibility index (Phi) is 6.49. The second-order valence-corrected chi connectivity index (χ2v) is 6.70. The van der Waals surface area contributed by atoms with E-state index in [2.05, 4.69) is 21.7 Å². The number of aromatic nitrogens is 3. The first-order chi connectivity index (χ1) is 13.3. The summed E-state index contributed by atoms with van der Waals surface area (Å²) in [5, 5.41) is 9.52. The summed E-state index contributed by atoms with van der Waals surface area (Å²) in [5.41, 5.74) is 1.60. The molecule has 7 heteroatoms. The average molecular weight is 383 g/mol. The highest BCUT2D eigenvalue weighted by Crippen LogP contribution is 2.28. The SMILES string of the molecule is CCn1c(SCCOc2ccc(C=O)cc2OC)nnc1-c1ccccc1. The molecule has 0 saturated carbocycles. The van der Waals surface area contributed by atoms with Crippen LogP contribution in [0.15, 0.2) is 53.7 Å². The maximum Gasteiger partial charge on any atom is 0.191 e. The molecule has 0 aliphatic carbocycles. The third-order valence-corrected chi connectivity index (χ3v) is 4.89. The summed E-state index contributed by atoms with van der Waals surface area (Å²) in [7, 11) is 1.56. The fraction of sp³-hybridized carbons (Fsp3) is 0.250. The van der Waals surface area contributed by atoms with E-state index in [0.717, 1.165) is 29.4 Å². The minimum absolute atomic E-state index is 0.485. The van der Waals surface area contributed by atoms with Gasteiger partial charge in [-0.3, -0.25) is 4.79 Å². The molecule has 3 aromatic rings. The van der Waals surface area contributed by atoms with Crippen LogP contribution in [0, 0.1) is 0 Å². The van der Waals surface area contributed by atoms with E-state index >= 15 is 0 Å². The first kappa shape index (κ1) is 19.0. The molecule has 0 aliphatic rings. The molecular formula is C20H21N3O3S. The van der Waals surface area contributed by atoms with Crippen molar-refractivity contribution in [1.29, 1.82) is 0 Å². The first-order valence-corrected chi connectivity index (χ1v) is 9.62. The molecule has 0 fully saturated rings. The molecule has 2 aromatic carbocycles. The Hall–Kier alpha value is -2.80. The molecule has 27 heavy (non-hydrogen) atoms. The van der Waals surface area contributed by atoms with Crippen molar-refractivity contribution >= 4 is 18.0 Å². The van der Waals surface area contributed by atoms with E-state index in [1.807, 2.05) is 30.3 Å². The number of hydrogen-bond acceptors (Lipinski definition) is 6. The molecule has 0 aliphatic heterocycles. The number of carbonyl (C=O) groups is 1. The van der Waals surface area contributed by atoms with Crippen molar-refractivity contribution in [3.8, 4) is 22.9 Å². The van der Waals surface area contributed by atoms with Gasteiger partial charge in [0.15, 0.2) is 22.5 Å². The van der Waals surface area contributed by atoms with E-state index in [9.17, 15) is 4.79 Å². The van der Waals surface area contributed by atoms with Gasteiger partial charge in [0.1, 0.15) is 6.29 Å². The molecule has 3 rings (SSSR count). The Balaban J connectivity index is 1.62. The predicted octanol–water partition coefficient (Wildman–Crippen LogP) is 3.96. The molecule has 0 saturated heterocycles. The molecule has 1 aromatic heterocycles. The zero-order chi connectivity index (χ0) is 19.1.